The van der Waals surface area contributed by atoms with Crippen LogP contribution in [-0.4, -0.2) is 12.1 Å². The Morgan fingerprint density at radius 3 is 2.67 bits per heavy atom. The van der Waals surface area contributed by atoms with Crippen LogP contribution in [0, 0.1) is 29.6 Å². The molecule has 1 aliphatic heterocycles. The standard InChI is InChI=1S/C40H48N2/c1-5-29(25-27(2)24-28-14-13-19-35-34-18-10-12-21-38(34)41-39(28)35)42(30-15-7-6-8-16-30)31-22-23-33-32-17-9-11-20-36(32)40(3,4)37(33)26-31/h6-11,13-18,20,22-23,25-28,32,34-36,38-39,41H,5,12,19,21,24H2,1-4H3/b29-25+. The molecule has 0 bridgehead atoms. The number of benzene rings is 2. The molecule has 4 aliphatic carbocycles. The molecule has 8 atom stereocenters. The van der Waals surface area contributed by atoms with E-state index >= 15 is 0 Å². The molecule has 2 aromatic rings. The average molecular weight is 557 g/mol. The van der Waals surface area contributed by atoms with E-state index in [1.54, 1.807) is 0 Å². The van der Waals surface area contributed by atoms with E-state index in [2.05, 4.69) is 141 Å². The van der Waals surface area contributed by atoms with Crippen molar-refractivity contribution in [3.63, 3.8) is 0 Å². The van der Waals surface area contributed by atoms with Crippen LogP contribution in [0.1, 0.15) is 76.8 Å². The van der Waals surface area contributed by atoms with E-state index in [4.69, 9.17) is 0 Å². The minimum atomic E-state index is 0.105. The predicted octanol–water partition coefficient (Wildman–Crippen LogP) is 9.76. The first kappa shape index (κ1) is 27.7. The second-order valence-corrected chi connectivity index (χ2v) is 14.1. The van der Waals surface area contributed by atoms with Crippen molar-refractivity contribution in [1.29, 1.82) is 0 Å². The van der Waals surface area contributed by atoms with Crippen molar-refractivity contribution in [2.45, 2.75) is 83.2 Å². The van der Waals surface area contributed by atoms with E-state index < -0.39 is 0 Å². The highest BCUT2D eigenvalue weighted by Crippen LogP contribution is 2.54. The number of nitrogens with zero attached hydrogens (tertiary/aromatic N) is 1. The van der Waals surface area contributed by atoms with Crippen molar-refractivity contribution in [3.8, 4) is 0 Å². The molecule has 2 aromatic carbocycles. The molecule has 8 unspecified atom stereocenters. The lowest BCUT2D eigenvalue weighted by Crippen LogP contribution is -2.39. The van der Waals surface area contributed by atoms with Gasteiger partial charge >= 0.3 is 0 Å². The van der Waals surface area contributed by atoms with Crippen LogP contribution in [0.5, 0.6) is 0 Å². The third-order valence-electron chi connectivity index (χ3n) is 11.2. The van der Waals surface area contributed by atoms with Gasteiger partial charge in [-0.2, -0.15) is 0 Å². The maximum absolute atomic E-state index is 4.10. The fourth-order valence-corrected chi connectivity index (χ4v) is 9.14. The van der Waals surface area contributed by atoms with Gasteiger partial charge in [0.25, 0.3) is 0 Å². The fraction of sp³-hybridized carbons (Fsp3) is 0.450. The van der Waals surface area contributed by atoms with Crippen LogP contribution < -0.4 is 10.2 Å². The number of fused-ring (bicyclic) bond motifs is 6. The van der Waals surface area contributed by atoms with Crippen molar-refractivity contribution >= 4 is 11.4 Å². The van der Waals surface area contributed by atoms with Crippen molar-refractivity contribution in [1.82, 2.24) is 5.32 Å². The monoisotopic (exact) mass is 556 g/mol. The van der Waals surface area contributed by atoms with Gasteiger partial charge in [-0.25, -0.2) is 0 Å². The van der Waals surface area contributed by atoms with E-state index in [1.165, 1.54) is 53.9 Å². The molecule has 0 spiro atoms. The Bertz CT molecular complexity index is 1440. The first-order chi connectivity index (χ1) is 20.5. The van der Waals surface area contributed by atoms with Crippen molar-refractivity contribution in [2.24, 2.45) is 29.6 Å². The van der Waals surface area contributed by atoms with E-state index in [0.717, 1.165) is 18.3 Å². The van der Waals surface area contributed by atoms with Crippen LogP contribution in [0.15, 0.2) is 109 Å². The second kappa shape index (κ2) is 11.2. The number of nitrogens with one attached hydrogen (secondary N) is 1. The minimum absolute atomic E-state index is 0.105. The first-order valence-electron chi connectivity index (χ1n) is 16.6. The Kier molecular flexibility index (Phi) is 7.39. The number of rotatable bonds is 7. The summed E-state index contributed by atoms with van der Waals surface area (Å²) in [6.07, 6.45) is 27.8. The second-order valence-electron chi connectivity index (χ2n) is 14.1. The summed E-state index contributed by atoms with van der Waals surface area (Å²) in [4.78, 5) is 2.53. The van der Waals surface area contributed by atoms with Gasteiger partial charge in [0.05, 0.1) is 0 Å². The van der Waals surface area contributed by atoms with Crippen LogP contribution in [-0.2, 0) is 5.41 Å². The largest absolute Gasteiger partial charge is 0.315 e. The zero-order chi connectivity index (χ0) is 28.8. The average Bonchev–Trinajstić information content (AvgIpc) is 3.51. The van der Waals surface area contributed by atoms with E-state index in [-0.39, 0.29) is 5.41 Å². The summed E-state index contributed by atoms with van der Waals surface area (Å²) in [6, 6.07) is 19.6. The molecule has 0 amide bonds. The molecule has 42 heavy (non-hydrogen) atoms. The zero-order valence-electron chi connectivity index (χ0n) is 25.9. The van der Waals surface area contributed by atoms with Gasteiger partial charge in [-0.05, 0) is 103 Å². The third kappa shape index (κ3) is 4.77. The Hall–Kier alpha value is -3.10. The molecule has 5 aliphatic rings. The number of hydrogen-bond donors (Lipinski definition) is 1. The highest BCUT2D eigenvalue weighted by molar-refractivity contribution is 5.71. The van der Waals surface area contributed by atoms with E-state index in [0.29, 0.717) is 35.8 Å². The topological polar surface area (TPSA) is 15.3 Å². The SMILES string of the molecule is CC/C(=C\C(C)CC1C=CCC2C3C=CCCC3NC12)N(c1ccccc1)c1ccc2c(c1)C(C)(C)C1C=CC=CC21. The summed E-state index contributed by atoms with van der Waals surface area (Å²) in [5, 5.41) is 4.10. The maximum Gasteiger partial charge on any atom is 0.0461 e. The Balaban J connectivity index is 1.19. The van der Waals surface area contributed by atoms with E-state index in [9.17, 15) is 0 Å². The number of allylic oxidation sites excluding steroid dienone is 8. The Morgan fingerprint density at radius 1 is 1.00 bits per heavy atom. The molecule has 0 radical (unpaired) electrons. The highest BCUT2D eigenvalue weighted by Gasteiger charge is 2.46. The molecule has 2 heteroatoms. The quantitative estimate of drug-likeness (QED) is 0.342. The summed E-state index contributed by atoms with van der Waals surface area (Å²) in [5.41, 5.74) is 7.03. The van der Waals surface area contributed by atoms with Crippen LogP contribution in [0.3, 0.4) is 0 Å². The van der Waals surface area contributed by atoms with E-state index in [1.807, 2.05) is 0 Å². The summed E-state index contributed by atoms with van der Waals surface area (Å²) < 4.78 is 0. The smallest absolute Gasteiger partial charge is 0.0461 e. The summed E-state index contributed by atoms with van der Waals surface area (Å²) in [7, 11) is 0. The number of hydrogen-bond acceptors (Lipinski definition) is 2. The number of anilines is 2. The van der Waals surface area contributed by atoms with Crippen LogP contribution in [0.25, 0.3) is 0 Å². The molecular formula is C40H48N2. The summed E-state index contributed by atoms with van der Waals surface area (Å²) >= 11 is 0. The van der Waals surface area contributed by atoms with Gasteiger partial charge in [0.15, 0.2) is 0 Å². The molecule has 0 saturated carbocycles. The van der Waals surface area contributed by atoms with Crippen molar-refractivity contribution in [2.75, 3.05) is 4.90 Å². The van der Waals surface area contributed by atoms with Gasteiger partial charge in [-0.3, -0.25) is 0 Å². The summed E-state index contributed by atoms with van der Waals surface area (Å²) in [6.45, 7) is 9.63. The maximum atomic E-state index is 4.10. The van der Waals surface area contributed by atoms with Gasteiger partial charge < -0.3 is 10.2 Å². The molecule has 1 heterocycles. The molecule has 1 fully saturated rings. The Morgan fingerprint density at radius 2 is 1.83 bits per heavy atom. The molecular weight excluding hydrogens is 508 g/mol. The molecule has 1 N–H and O–H groups in total. The highest BCUT2D eigenvalue weighted by atomic mass is 15.1. The zero-order valence-corrected chi connectivity index (χ0v) is 25.9. The molecule has 7 rings (SSSR count). The Labute approximate surface area is 254 Å². The van der Waals surface area contributed by atoms with Gasteiger partial charge in [-0.1, -0.05) is 107 Å². The third-order valence-corrected chi connectivity index (χ3v) is 11.2. The molecule has 0 aromatic heterocycles. The van der Waals surface area contributed by atoms with Crippen molar-refractivity contribution < 1.29 is 0 Å². The summed E-state index contributed by atoms with van der Waals surface area (Å²) in [5.74, 6) is 3.57. The molecule has 1 saturated heterocycles. The van der Waals surface area contributed by atoms with Gasteiger partial charge in [-0.15, -0.1) is 0 Å². The lowest BCUT2D eigenvalue weighted by Gasteiger charge is -2.33. The predicted molar refractivity (Wildman–Crippen MR) is 178 cm³/mol. The lowest BCUT2D eigenvalue weighted by molar-refractivity contribution is 0.296. The molecule has 2 nitrogen and oxygen atoms in total. The normalized spacial score (nSPS) is 32.7. The van der Waals surface area contributed by atoms with Crippen LogP contribution in [0.2, 0.25) is 0 Å². The van der Waals surface area contributed by atoms with Crippen molar-refractivity contribution in [3.05, 3.63) is 120 Å². The van der Waals surface area contributed by atoms with Gasteiger partial charge in [0.2, 0.25) is 0 Å². The van der Waals surface area contributed by atoms with Gasteiger partial charge in [0, 0.05) is 35.1 Å². The lowest BCUT2D eigenvalue weighted by atomic mass is 9.73. The fourth-order valence-electron chi connectivity index (χ4n) is 9.14. The van der Waals surface area contributed by atoms with Gasteiger partial charge in [0.1, 0.15) is 0 Å². The number of para-hydroxylation sites is 1. The molecule has 218 valence electrons. The van der Waals surface area contributed by atoms with Crippen LogP contribution in [0.4, 0.5) is 11.4 Å². The first-order valence-corrected chi connectivity index (χ1v) is 16.6. The van der Waals surface area contributed by atoms with Crippen LogP contribution >= 0.6 is 0 Å². The minimum Gasteiger partial charge on any atom is -0.315 e.